The van der Waals surface area contributed by atoms with Crippen LogP contribution in [0.1, 0.15) is 30.6 Å². The highest BCUT2D eigenvalue weighted by Crippen LogP contribution is 2.25. The van der Waals surface area contributed by atoms with E-state index in [9.17, 15) is 4.79 Å². The molecule has 1 aromatic heterocycles. The fourth-order valence-electron chi connectivity index (χ4n) is 1.15. The van der Waals surface area contributed by atoms with Crippen LogP contribution in [-0.2, 0) is 4.74 Å². The summed E-state index contributed by atoms with van der Waals surface area (Å²) in [5, 5.41) is 0. The number of carbonyl (C=O) groups is 1. The summed E-state index contributed by atoms with van der Waals surface area (Å²) in [4.78, 5) is 16.4. The molecule has 0 radical (unpaired) electrons. The molecule has 0 unspecified atom stereocenters. The minimum absolute atomic E-state index is 0.339. The van der Waals surface area contributed by atoms with Crippen LogP contribution in [0.4, 0.5) is 5.82 Å². The Kier molecular flexibility index (Phi) is 5.11. The number of anilines is 1. The van der Waals surface area contributed by atoms with Gasteiger partial charge in [0.1, 0.15) is 5.82 Å². The van der Waals surface area contributed by atoms with Gasteiger partial charge in [-0.05, 0) is 25.2 Å². The molecule has 0 fully saturated rings. The molecule has 1 rings (SSSR count). The number of carbonyl (C=O) groups excluding carboxylic acids is 1. The Morgan fingerprint density at radius 3 is 2.94 bits per heavy atom. The predicted octanol–water partition coefficient (Wildman–Crippen LogP) is 2.34. The molecule has 16 heavy (non-hydrogen) atoms. The zero-order valence-electron chi connectivity index (χ0n) is 9.53. The van der Waals surface area contributed by atoms with Crippen LogP contribution in [0.25, 0.3) is 0 Å². The second kappa shape index (κ2) is 6.37. The number of nitrogens with zero attached hydrogens (tertiary/aromatic N) is 1. The maximum Gasteiger partial charge on any atom is 0.340 e. The van der Waals surface area contributed by atoms with Gasteiger partial charge in [0.15, 0.2) is 0 Å². The first-order valence-corrected chi connectivity index (χ1v) is 6.23. The van der Waals surface area contributed by atoms with Gasteiger partial charge >= 0.3 is 5.97 Å². The molecule has 2 N–H and O–H groups in total. The molecule has 0 aliphatic rings. The normalized spacial score (nSPS) is 10.1. The van der Waals surface area contributed by atoms with Crippen LogP contribution < -0.4 is 5.73 Å². The SMILES string of the molecule is CCCSc1cc(N)ncc1C(=O)OCC. The molecule has 0 aliphatic carbocycles. The van der Waals surface area contributed by atoms with E-state index in [1.165, 1.54) is 6.20 Å². The Labute approximate surface area is 99.6 Å². The number of aromatic nitrogens is 1. The highest BCUT2D eigenvalue weighted by Gasteiger charge is 2.13. The third kappa shape index (κ3) is 3.41. The van der Waals surface area contributed by atoms with E-state index >= 15 is 0 Å². The lowest BCUT2D eigenvalue weighted by Crippen LogP contribution is -2.07. The van der Waals surface area contributed by atoms with Crippen molar-refractivity contribution in [2.24, 2.45) is 0 Å². The number of esters is 1. The van der Waals surface area contributed by atoms with Crippen molar-refractivity contribution in [3.05, 3.63) is 17.8 Å². The molecule has 0 saturated carbocycles. The molecule has 0 spiro atoms. The number of pyridine rings is 1. The average Bonchev–Trinajstić information content (AvgIpc) is 2.26. The molecular formula is C11H16N2O2S. The van der Waals surface area contributed by atoms with Gasteiger partial charge in [0.05, 0.1) is 12.2 Å². The monoisotopic (exact) mass is 240 g/mol. The quantitative estimate of drug-likeness (QED) is 0.632. The standard InChI is InChI=1S/C11H16N2O2S/c1-3-5-16-9-6-10(12)13-7-8(9)11(14)15-4-2/h6-7H,3-5H2,1-2H3,(H2,12,13). The molecule has 0 saturated heterocycles. The number of ether oxygens (including phenoxy) is 1. The zero-order valence-corrected chi connectivity index (χ0v) is 10.3. The first-order valence-electron chi connectivity index (χ1n) is 5.24. The summed E-state index contributed by atoms with van der Waals surface area (Å²) in [5.41, 5.74) is 6.09. The van der Waals surface area contributed by atoms with Crippen LogP contribution in [0.3, 0.4) is 0 Å². The van der Waals surface area contributed by atoms with Crippen LogP contribution in [0.15, 0.2) is 17.2 Å². The highest BCUT2D eigenvalue weighted by atomic mass is 32.2. The topological polar surface area (TPSA) is 65.2 Å². The van der Waals surface area contributed by atoms with Crippen LogP contribution in [0, 0.1) is 0 Å². The Hall–Kier alpha value is -1.23. The first kappa shape index (κ1) is 12.8. The minimum Gasteiger partial charge on any atom is -0.462 e. The Bertz CT molecular complexity index is 369. The van der Waals surface area contributed by atoms with Crippen LogP contribution in [0.2, 0.25) is 0 Å². The van der Waals surface area contributed by atoms with Crippen molar-refractivity contribution >= 4 is 23.5 Å². The molecule has 1 heterocycles. The maximum atomic E-state index is 11.6. The van der Waals surface area contributed by atoms with E-state index in [2.05, 4.69) is 11.9 Å². The third-order valence-corrected chi connectivity index (χ3v) is 3.11. The van der Waals surface area contributed by atoms with Crippen LogP contribution >= 0.6 is 11.8 Å². The lowest BCUT2D eigenvalue weighted by molar-refractivity contribution is 0.0522. The van der Waals surface area contributed by atoms with E-state index in [0.717, 1.165) is 17.1 Å². The molecule has 4 nitrogen and oxygen atoms in total. The average molecular weight is 240 g/mol. The molecule has 0 aromatic carbocycles. The Morgan fingerprint density at radius 1 is 1.56 bits per heavy atom. The van der Waals surface area contributed by atoms with Gasteiger partial charge in [-0.2, -0.15) is 0 Å². The molecule has 88 valence electrons. The number of rotatable bonds is 5. The lowest BCUT2D eigenvalue weighted by atomic mass is 10.3. The first-order chi connectivity index (χ1) is 7.69. The number of thioether (sulfide) groups is 1. The number of nitrogens with two attached hydrogens (primary N) is 1. The smallest absolute Gasteiger partial charge is 0.340 e. The Morgan fingerprint density at radius 2 is 2.31 bits per heavy atom. The summed E-state index contributed by atoms with van der Waals surface area (Å²) in [6.45, 7) is 4.23. The van der Waals surface area contributed by atoms with Gasteiger partial charge in [0, 0.05) is 11.1 Å². The number of hydrogen-bond acceptors (Lipinski definition) is 5. The third-order valence-electron chi connectivity index (χ3n) is 1.84. The second-order valence-electron chi connectivity index (χ2n) is 3.17. The fourth-order valence-corrected chi connectivity index (χ4v) is 2.07. The van der Waals surface area contributed by atoms with Crippen molar-refractivity contribution in [1.29, 1.82) is 0 Å². The van der Waals surface area contributed by atoms with Crippen molar-refractivity contribution in [1.82, 2.24) is 4.98 Å². The van der Waals surface area contributed by atoms with E-state index in [1.54, 1.807) is 24.8 Å². The lowest BCUT2D eigenvalue weighted by Gasteiger charge is -2.08. The van der Waals surface area contributed by atoms with Gasteiger partial charge in [-0.15, -0.1) is 11.8 Å². The molecule has 0 atom stereocenters. The van der Waals surface area contributed by atoms with E-state index in [-0.39, 0.29) is 5.97 Å². The second-order valence-corrected chi connectivity index (χ2v) is 4.31. The summed E-state index contributed by atoms with van der Waals surface area (Å²) in [7, 11) is 0. The van der Waals surface area contributed by atoms with E-state index in [1.807, 2.05) is 0 Å². The number of hydrogen-bond donors (Lipinski definition) is 1. The maximum absolute atomic E-state index is 11.6. The van der Waals surface area contributed by atoms with Crippen molar-refractivity contribution in [2.75, 3.05) is 18.1 Å². The Balaban J connectivity index is 2.92. The van der Waals surface area contributed by atoms with Gasteiger partial charge in [-0.3, -0.25) is 0 Å². The highest BCUT2D eigenvalue weighted by molar-refractivity contribution is 7.99. The van der Waals surface area contributed by atoms with Crippen LogP contribution in [0.5, 0.6) is 0 Å². The summed E-state index contributed by atoms with van der Waals surface area (Å²) in [6.07, 6.45) is 2.51. The molecular weight excluding hydrogens is 224 g/mol. The summed E-state index contributed by atoms with van der Waals surface area (Å²) < 4.78 is 4.96. The van der Waals surface area contributed by atoms with Crippen molar-refractivity contribution in [3.8, 4) is 0 Å². The largest absolute Gasteiger partial charge is 0.462 e. The molecule has 0 amide bonds. The van der Waals surface area contributed by atoms with Gasteiger partial charge in [-0.25, -0.2) is 9.78 Å². The molecule has 0 aliphatic heterocycles. The zero-order chi connectivity index (χ0) is 12.0. The summed E-state index contributed by atoms with van der Waals surface area (Å²) in [6, 6.07) is 1.71. The summed E-state index contributed by atoms with van der Waals surface area (Å²) in [5.74, 6) is 1.02. The van der Waals surface area contributed by atoms with E-state index < -0.39 is 0 Å². The van der Waals surface area contributed by atoms with E-state index in [0.29, 0.717) is 18.0 Å². The van der Waals surface area contributed by atoms with Crippen molar-refractivity contribution in [3.63, 3.8) is 0 Å². The van der Waals surface area contributed by atoms with Gasteiger partial charge < -0.3 is 10.5 Å². The van der Waals surface area contributed by atoms with Crippen molar-refractivity contribution in [2.45, 2.75) is 25.2 Å². The molecule has 1 aromatic rings. The van der Waals surface area contributed by atoms with Gasteiger partial charge in [-0.1, -0.05) is 6.92 Å². The molecule has 5 heteroatoms. The fraction of sp³-hybridized carbons (Fsp3) is 0.455. The minimum atomic E-state index is -0.339. The van der Waals surface area contributed by atoms with Gasteiger partial charge in [0.2, 0.25) is 0 Å². The van der Waals surface area contributed by atoms with Gasteiger partial charge in [0.25, 0.3) is 0 Å². The summed E-state index contributed by atoms with van der Waals surface area (Å²) >= 11 is 1.59. The molecule has 0 bridgehead atoms. The van der Waals surface area contributed by atoms with E-state index in [4.69, 9.17) is 10.5 Å². The number of nitrogen functional groups attached to an aromatic ring is 1. The van der Waals surface area contributed by atoms with Crippen molar-refractivity contribution < 1.29 is 9.53 Å². The van der Waals surface area contributed by atoms with Crippen LogP contribution in [-0.4, -0.2) is 23.3 Å². The predicted molar refractivity (Wildman–Crippen MR) is 65.6 cm³/mol.